The van der Waals surface area contributed by atoms with Gasteiger partial charge in [0.05, 0.1) is 6.10 Å². The lowest BCUT2D eigenvalue weighted by Crippen LogP contribution is -2.11. The van der Waals surface area contributed by atoms with Crippen molar-refractivity contribution in [2.24, 2.45) is 0 Å². The minimum atomic E-state index is -0.305. The van der Waals surface area contributed by atoms with Crippen LogP contribution in [-0.4, -0.2) is 15.8 Å². The molecule has 2 rings (SSSR count). The van der Waals surface area contributed by atoms with E-state index in [2.05, 4.69) is 58.6 Å². The Balaban J connectivity index is 2.63. The third kappa shape index (κ3) is 2.55. The Labute approximate surface area is 110 Å². The fraction of sp³-hybridized carbons (Fsp3) is 0.429. The molecule has 92 valence electrons. The summed E-state index contributed by atoms with van der Waals surface area (Å²) in [5, 5.41) is 10.8. The quantitative estimate of drug-likeness (QED) is 0.912. The maximum Gasteiger partial charge on any atom is 0.0566 e. The number of nitrogens with zero attached hydrogens (tertiary/aromatic N) is 1. The molecule has 1 heterocycles. The maximum atomic E-state index is 9.57. The van der Waals surface area contributed by atoms with E-state index in [0.717, 1.165) is 4.47 Å². The van der Waals surface area contributed by atoms with Crippen LogP contribution in [0.3, 0.4) is 0 Å². The second-order valence-electron chi connectivity index (χ2n) is 4.86. The van der Waals surface area contributed by atoms with Crippen molar-refractivity contribution < 1.29 is 5.11 Å². The first-order valence-corrected chi connectivity index (χ1v) is 6.75. The van der Waals surface area contributed by atoms with E-state index in [-0.39, 0.29) is 6.10 Å². The van der Waals surface area contributed by atoms with Gasteiger partial charge in [-0.15, -0.1) is 0 Å². The van der Waals surface area contributed by atoms with Crippen molar-refractivity contribution in [1.29, 1.82) is 0 Å². The van der Waals surface area contributed by atoms with Gasteiger partial charge in [0.2, 0.25) is 0 Å². The smallest absolute Gasteiger partial charge is 0.0566 e. The Hall–Kier alpha value is -0.800. The summed E-state index contributed by atoms with van der Waals surface area (Å²) in [5.74, 6) is 0. The van der Waals surface area contributed by atoms with E-state index in [9.17, 15) is 5.11 Å². The van der Waals surface area contributed by atoms with Gasteiger partial charge < -0.3 is 9.67 Å². The maximum absolute atomic E-state index is 9.57. The molecule has 0 fully saturated rings. The average molecular weight is 296 g/mol. The highest BCUT2D eigenvalue weighted by Crippen LogP contribution is 2.27. The van der Waals surface area contributed by atoms with Gasteiger partial charge in [0.1, 0.15) is 0 Å². The Bertz CT molecular complexity index is 528. The first-order valence-electron chi connectivity index (χ1n) is 5.96. The first-order chi connectivity index (χ1) is 7.99. The minimum absolute atomic E-state index is 0.305. The molecule has 1 N–H and O–H groups in total. The van der Waals surface area contributed by atoms with Gasteiger partial charge in [-0.05, 0) is 44.4 Å². The molecule has 0 aliphatic heterocycles. The zero-order chi connectivity index (χ0) is 12.6. The van der Waals surface area contributed by atoms with Gasteiger partial charge >= 0.3 is 0 Å². The van der Waals surface area contributed by atoms with E-state index in [1.54, 1.807) is 0 Å². The number of halogens is 1. The van der Waals surface area contributed by atoms with Crippen LogP contribution in [0, 0.1) is 0 Å². The highest BCUT2D eigenvalue weighted by Gasteiger charge is 2.13. The van der Waals surface area contributed by atoms with Crippen molar-refractivity contribution >= 4 is 26.8 Å². The number of hydrogen-bond acceptors (Lipinski definition) is 1. The zero-order valence-corrected chi connectivity index (χ0v) is 12.0. The van der Waals surface area contributed by atoms with E-state index >= 15 is 0 Å². The molecule has 2 aromatic rings. The second-order valence-corrected chi connectivity index (χ2v) is 5.77. The molecule has 0 saturated carbocycles. The standard InChI is InChI=1S/C14H18BrNO/c1-9(2)16-13(6-10(3)17)7-11-4-5-12(15)8-14(11)16/h4-5,7-10,17H,6H2,1-3H3. The molecule has 0 saturated heterocycles. The fourth-order valence-corrected chi connectivity index (χ4v) is 2.67. The molecule has 17 heavy (non-hydrogen) atoms. The van der Waals surface area contributed by atoms with Crippen molar-refractivity contribution in [3.8, 4) is 0 Å². The summed E-state index contributed by atoms with van der Waals surface area (Å²) in [4.78, 5) is 0. The summed E-state index contributed by atoms with van der Waals surface area (Å²) in [5.41, 5.74) is 2.42. The van der Waals surface area contributed by atoms with Crippen LogP contribution < -0.4 is 0 Å². The van der Waals surface area contributed by atoms with Crippen molar-refractivity contribution in [3.05, 3.63) is 34.4 Å². The molecule has 1 aromatic carbocycles. The largest absolute Gasteiger partial charge is 0.393 e. The van der Waals surface area contributed by atoms with Crippen LogP contribution in [-0.2, 0) is 6.42 Å². The predicted octanol–water partition coefficient (Wildman–Crippen LogP) is 3.91. The Morgan fingerprint density at radius 2 is 1.94 bits per heavy atom. The highest BCUT2D eigenvalue weighted by atomic mass is 79.9. The monoisotopic (exact) mass is 295 g/mol. The minimum Gasteiger partial charge on any atom is -0.393 e. The molecule has 1 aromatic heterocycles. The van der Waals surface area contributed by atoms with Gasteiger partial charge in [-0.3, -0.25) is 0 Å². The third-order valence-corrected chi connectivity index (χ3v) is 3.40. The first kappa shape index (κ1) is 12.7. The number of aromatic nitrogens is 1. The SMILES string of the molecule is CC(O)Cc1cc2ccc(Br)cc2n1C(C)C. The lowest BCUT2D eigenvalue weighted by Gasteiger charge is -2.15. The van der Waals surface area contributed by atoms with E-state index in [4.69, 9.17) is 0 Å². The van der Waals surface area contributed by atoms with Crippen molar-refractivity contribution in [2.45, 2.75) is 39.3 Å². The number of benzene rings is 1. The van der Waals surface area contributed by atoms with Crippen molar-refractivity contribution in [1.82, 2.24) is 4.57 Å². The van der Waals surface area contributed by atoms with Crippen LogP contribution in [0.25, 0.3) is 10.9 Å². The molecule has 3 heteroatoms. The molecule has 0 aliphatic carbocycles. The number of hydrogen-bond donors (Lipinski definition) is 1. The molecule has 1 unspecified atom stereocenters. The van der Waals surface area contributed by atoms with Gasteiger partial charge in [0.15, 0.2) is 0 Å². The van der Waals surface area contributed by atoms with Gasteiger partial charge in [-0.2, -0.15) is 0 Å². The zero-order valence-electron chi connectivity index (χ0n) is 10.4. The summed E-state index contributed by atoms with van der Waals surface area (Å²) >= 11 is 3.51. The molecule has 0 bridgehead atoms. The number of aliphatic hydroxyl groups excluding tert-OH is 1. The Kier molecular flexibility index (Phi) is 3.59. The van der Waals surface area contributed by atoms with Crippen molar-refractivity contribution in [3.63, 3.8) is 0 Å². The van der Waals surface area contributed by atoms with Crippen molar-refractivity contribution in [2.75, 3.05) is 0 Å². The summed E-state index contributed by atoms with van der Waals surface area (Å²) in [6, 6.07) is 8.88. The summed E-state index contributed by atoms with van der Waals surface area (Å²) in [7, 11) is 0. The van der Waals surface area contributed by atoms with E-state index < -0.39 is 0 Å². The molecule has 0 aliphatic rings. The normalized spacial score (nSPS) is 13.5. The van der Waals surface area contributed by atoms with Gasteiger partial charge in [0, 0.05) is 28.1 Å². The van der Waals surface area contributed by atoms with Crippen LogP contribution in [0.2, 0.25) is 0 Å². The Morgan fingerprint density at radius 1 is 1.24 bits per heavy atom. The fourth-order valence-electron chi connectivity index (χ4n) is 2.32. The molecular weight excluding hydrogens is 278 g/mol. The summed E-state index contributed by atoms with van der Waals surface area (Å²) < 4.78 is 3.39. The topological polar surface area (TPSA) is 25.2 Å². The van der Waals surface area contributed by atoms with Crippen LogP contribution in [0.5, 0.6) is 0 Å². The van der Waals surface area contributed by atoms with Crippen LogP contribution >= 0.6 is 15.9 Å². The molecule has 1 atom stereocenters. The highest BCUT2D eigenvalue weighted by molar-refractivity contribution is 9.10. The van der Waals surface area contributed by atoms with Crippen LogP contribution in [0.15, 0.2) is 28.7 Å². The average Bonchev–Trinajstić information content (AvgIpc) is 2.53. The van der Waals surface area contributed by atoms with E-state index in [1.807, 2.05) is 6.92 Å². The predicted molar refractivity (Wildman–Crippen MR) is 75.4 cm³/mol. The third-order valence-electron chi connectivity index (χ3n) is 2.90. The number of fused-ring (bicyclic) bond motifs is 1. The molecule has 0 spiro atoms. The summed E-state index contributed by atoms with van der Waals surface area (Å²) in [6.45, 7) is 6.18. The van der Waals surface area contributed by atoms with Gasteiger partial charge in [-0.1, -0.05) is 22.0 Å². The van der Waals surface area contributed by atoms with Crippen LogP contribution in [0.1, 0.15) is 32.5 Å². The lowest BCUT2D eigenvalue weighted by atomic mass is 10.2. The molecule has 0 radical (unpaired) electrons. The van der Waals surface area contributed by atoms with E-state index in [0.29, 0.717) is 12.5 Å². The molecule has 2 nitrogen and oxygen atoms in total. The van der Waals surface area contributed by atoms with E-state index in [1.165, 1.54) is 16.6 Å². The lowest BCUT2D eigenvalue weighted by molar-refractivity contribution is 0.192. The molecule has 0 amide bonds. The second kappa shape index (κ2) is 4.83. The summed E-state index contributed by atoms with van der Waals surface area (Å²) in [6.07, 6.45) is 0.394. The Morgan fingerprint density at radius 3 is 2.53 bits per heavy atom. The van der Waals surface area contributed by atoms with Crippen LogP contribution in [0.4, 0.5) is 0 Å². The molecular formula is C14H18BrNO. The van der Waals surface area contributed by atoms with Gasteiger partial charge in [-0.25, -0.2) is 0 Å². The van der Waals surface area contributed by atoms with Gasteiger partial charge in [0.25, 0.3) is 0 Å². The number of aliphatic hydroxyl groups is 1. The number of rotatable bonds is 3.